The summed E-state index contributed by atoms with van der Waals surface area (Å²) in [6, 6.07) is 19.3. The van der Waals surface area contributed by atoms with Gasteiger partial charge in [0.25, 0.3) is 0 Å². The summed E-state index contributed by atoms with van der Waals surface area (Å²) in [6.07, 6.45) is 3.56. The van der Waals surface area contributed by atoms with Crippen LogP contribution in [0.15, 0.2) is 60.7 Å². The fourth-order valence-electron chi connectivity index (χ4n) is 4.96. The van der Waals surface area contributed by atoms with Crippen LogP contribution in [0, 0.1) is 20.8 Å². The van der Waals surface area contributed by atoms with Crippen molar-refractivity contribution in [2.45, 2.75) is 33.6 Å². The Balaban J connectivity index is 1.47. The molecule has 0 atom stereocenters. The highest BCUT2D eigenvalue weighted by Gasteiger charge is 2.28. The Labute approximate surface area is 216 Å². The van der Waals surface area contributed by atoms with E-state index in [1.807, 2.05) is 81.4 Å². The summed E-state index contributed by atoms with van der Waals surface area (Å²) < 4.78 is 10.9. The SMILES string of the molecule is COc1ccc(C=C2CCc3c2nc2ccccc2c3C(=O)OCC(=O)c2cc(C)c(C)cc2C)cc1. The first-order valence-corrected chi connectivity index (χ1v) is 12.4. The number of esters is 1. The number of carbonyl (C=O) groups excluding carboxylic acids is 2. The average molecular weight is 492 g/mol. The van der Waals surface area contributed by atoms with E-state index < -0.39 is 5.97 Å². The van der Waals surface area contributed by atoms with Crippen LogP contribution in [0.25, 0.3) is 22.6 Å². The number of nitrogens with zero attached hydrogens (tertiary/aromatic N) is 1. The van der Waals surface area contributed by atoms with Crippen molar-refractivity contribution in [2.24, 2.45) is 0 Å². The smallest absolute Gasteiger partial charge is 0.339 e. The van der Waals surface area contributed by atoms with Gasteiger partial charge in [-0.3, -0.25) is 4.79 Å². The van der Waals surface area contributed by atoms with Crippen molar-refractivity contribution in [3.8, 4) is 5.75 Å². The van der Waals surface area contributed by atoms with Gasteiger partial charge in [-0.05, 0) is 97.3 Å². The maximum Gasteiger partial charge on any atom is 0.339 e. The third-order valence-corrected chi connectivity index (χ3v) is 7.08. The van der Waals surface area contributed by atoms with Crippen LogP contribution < -0.4 is 4.74 Å². The molecule has 3 aromatic carbocycles. The molecule has 0 saturated carbocycles. The number of carbonyl (C=O) groups is 2. The third kappa shape index (κ3) is 4.77. The van der Waals surface area contributed by atoms with Gasteiger partial charge in [0, 0.05) is 10.9 Å². The molecule has 0 aliphatic heterocycles. The lowest BCUT2D eigenvalue weighted by Gasteiger charge is -2.13. The number of fused-ring (bicyclic) bond motifs is 2. The van der Waals surface area contributed by atoms with E-state index in [2.05, 4.69) is 6.08 Å². The highest BCUT2D eigenvalue weighted by Crippen LogP contribution is 2.38. The number of ketones is 1. The lowest BCUT2D eigenvalue weighted by molar-refractivity contribution is 0.0475. The Kier molecular flexibility index (Phi) is 6.62. The standard InChI is InChI=1S/C32H29NO4/c1-19-15-21(3)27(16-20(19)2)29(34)18-37-32(35)30-25-7-5-6-8-28(25)33-31-23(11-14-26(30)31)17-22-9-12-24(36-4)13-10-22/h5-10,12-13,15-17H,11,14,18H2,1-4H3. The molecular formula is C32H29NO4. The number of hydrogen-bond donors (Lipinski definition) is 0. The van der Waals surface area contributed by atoms with E-state index in [1.165, 1.54) is 0 Å². The van der Waals surface area contributed by atoms with Crippen molar-refractivity contribution in [3.05, 3.63) is 105 Å². The maximum atomic E-state index is 13.5. The molecule has 1 aliphatic carbocycles. The van der Waals surface area contributed by atoms with Crippen LogP contribution in [-0.2, 0) is 11.2 Å². The molecular weight excluding hydrogens is 462 g/mol. The van der Waals surface area contributed by atoms with E-state index in [-0.39, 0.29) is 12.4 Å². The summed E-state index contributed by atoms with van der Waals surface area (Å²) >= 11 is 0. The first kappa shape index (κ1) is 24.4. The molecule has 4 aromatic rings. The van der Waals surface area contributed by atoms with E-state index in [0.29, 0.717) is 17.5 Å². The minimum atomic E-state index is -0.490. The molecule has 37 heavy (non-hydrogen) atoms. The fourth-order valence-corrected chi connectivity index (χ4v) is 4.96. The Morgan fingerprint density at radius 1 is 0.919 bits per heavy atom. The van der Waals surface area contributed by atoms with Crippen LogP contribution in [0.1, 0.15) is 60.6 Å². The molecule has 5 heteroatoms. The van der Waals surface area contributed by atoms with Crippen molar-refractivity contribution in [1.82, 2.24) is 4.98 Å². The number of rotatable bonds is 6. The van der Waals surface area contributed by atoms with Crippen LogP contribution >= 0.6 is 0 Å². The largest absolute Gasteiger partial charge is 0.497 e. The summed E-state index contributed by atoms with van der Waals surface area (Å²) in [6.45, 7) is 5.59. The predicted octanol–water partition coefficient (Wildman–Crippen LogP) is 6.70. The lowest BCUT2D eigenvalue weighted by Crippen LogP contribution is -2.17. The summed E-state index contributed by atoms with van der Waals surface area (Å²) in [7, 11) is 1.65. The van der Waals surface area contributed by atoms with Crippen LogP contribution in [-0.4, -0.2) is 30.5 Å². The van der Waals surface area contributed by atoms with Crippen LogP contribution in [0.2, 0.25) is 0 Å². The highest BCUT2D eigenvalue weighted by atomic mass is 16.5. The first-order chi connectivity index (χ1) is 17.9. The van der Waals surface area contributed by atoms with Crippen molar-refractivity contribution in [3.63, 3.8) is 0 Å². The fraction of sp³-hybridized carbons (Fsp3) is 0.219. The summed E-state index contributed by atoms with van der Waals surface area (Å²) in [5.41, 5.74) is 8.67. The minimum absolute atomic E-state index is 0.205. The quantitative estimate of drug-likeness (QED) is 0.222. The van der Waals surface area contributed by atoms with Crippen molar-refractivity contribution in [2.75, 3.05) is 13.7 Å². The highest BCUT2D eigenvalue weighted by molar-refractivity contribution is 6.08. The Hall–Kier alpha value is -4.25. The molecule has 1 heterocycles. The average Bonchev–Trinajstić information content (AvgIpc) is 3.30. The van der Waals surface area contributed by atoms with E-state index in [0.717, 1.165) is 62.2 Å². The molecule has 0 saturated heterocycles. The van der Waals surface area contributed by atoms with E-state index in [9.17, 15) is 9.59 Å². The second-order valence-electron chi connectivity index (χ2n) is 9.52. The normalized spacial score (nSPS) is 13.6. The predicted molar refractivity (Wildman–Crippen MR) is 146 cm³/mol. The lowest BCUT2D eigenvalue weighted by atomic mass is 9.98. The van der Waals surface area contributed by atoms with Gasteiger partial charge in [-0.2, -0.15) is 0 Å². The second-order valence-corrected chi connectivity index (χ2v) is 9.52. The summed E-state index contributed by atoms with van der Waals surface area (Å²) in [4.78, 5) is 31.3. The van der Waals surface area contributed by atoms with E-state index in [4.69, 9.17) is 14.5 Å². The Morgan fingerprint density at radius 2 is 1.65 bits per heavy atom. The Morgan fingerprint density at radius 3 is 2.41 bits per heavy atom. The van der Waals surface area contributed by atoms with Gasteiger partial charge < -0.3 is 9.47 Å². The Bertz CT molecular complexity index is 1560. The van der Waals surface area contributed by atoms with Crippen molar-refractivity contribution < 1.29 is 19.1 Å². The van der Waals surface area contributed by atoms with Crippen LogP contribution in [0.4, 0.5) is 0 Å². The van der Waals surface area contributed by atoms with Crippen molar-refractivity contribution in [1.29, 1.82) is 0 Å². The zero-order chi connectivity index (χ0) is 26.1. The summed E-state index contributed by atoms with van der Waals surface area (Å²) in [5, 5.41) is 0.742. The number of methoxy groups -OCH3 is 1. The second kappa shape index (κ2) is 10.0. The van der Waals surface area contributed by atoms with Gasteiger partial charge >= 0.3 is 5.97 Å². The van der Waals surface area contributed by atoms with Gasteiger partial charge in [-0.15, -0.1) is 0 Å². The van der Waals surface area contributed by atoms with E-state index in [1.54, 1.807) is 7.11 Å². The third-order valence-electron chi connectivity index (χ3n) is 7.08. The number of ether oxygens (including phenoxy) is 2. The molecule has 1 aromatic heterocycles. The maximum absolute atomic E-state index is 13.5. The first-order valence-electron chi connectivity index (χ1n) is 12.4. The van der Waals surface area contributed by atoms with Gasteiger partial charge in [0.2, 0.25) is 5.78 Å². The number of aryl methyl sites for hydroxylation is 3. The molecule has 186 valence electrons. The van der Waals surface area contributed by atoms with Crippen molar-refractivity contribution >= 4 is 34.3 Å². The molecule has 5 rings (SSSR count). The molecule has 0 amide bonds. The summed E-state index contributed by atoms with van der Waals surface area (Å²) in [5.74, 6) is 0.105. The van der Waals surface area contributed by atoms with Gasteiger partial charge in [0.05, 0.1) is 23.9 Å². The number of para-hydroxylation sites is 1. The molecule has 5 nitrogen and oxygen atoms in total. The molecule has 1 aliphatic rings. The van der Waals surface area contributed by atoms with Crippen LogP contribution in [0.5, 0.6) is 5.75 Å². The monoisotopic (exact) mass is 491 g/mol. The van der Waals surface area contributed by atoms with Gasteiger partial charge in [-0.25, -0.2) is 9.78 Å². The number of pyridine rings is 1. The zero-order valence-corrected chi connectivity index (χ0v) is 21.6. The molecule has 0 radical (unpaired) electrons. The number of Topliss-reactive ketones (excluding diaryl/α,β-unsaturated/α-hetero) is 1. The molecule has 0 fully saturated rings. The molecule has 0 N–H and O–H groups in total. The number of allylic oxidation sites excluding steroid dienone is 1. The molecule has 0 spiro atoms. The van der Waals surface area contributed by atoms with Crippen LogP contribution in [0.3, 0.4) is 0 Å². The molecule has 0 bridgehead atoms. The zero-order valence-electron chi connectivity index (χ0n) is 21.6. The number of aromatic nitrogens is 1. The molecule has 0 unspecified atom stereocenters. The van der Waals surface area contributed by atoms with E-state index >= 15 is 0 Å². The van der Waals surface area contributed by atoms with Gasteiger partial charge in [0.1, 0.15) is 5.75 Å². The topological polar surface area (TPSA) is 65.5 Å². The van der Waals surface area contributed by atoms with Gasteiger partial charge in [-0.1, -0.05) is 36.4 Å². The number of benzene rings is 3. The minimum Gasteiger partial charge on any atom is -0.497 e. The van der Waals surface area contributed by atoms with Gasteiger partial charge in [0.15, 0.2) is 6.61 Å². The number of hydrogen-bond acceptors (Lipinski definition) is 5.